The number of nitrogens with one attached hydrogen (secondary N) is 1. The molecule has 0 spiro atoms. The fraction of sp³-hybridized carbons (Fsp3) is 0.429. The van der Waals surface area contributed by atoms with E-state index in [0.717, 1.165) is 0 Å². The van der Waals surface area contributed by atoms with Gasteiger partial charge in [0.05, 0.1) is 5.92 Å². The number of likely N-dealkylation sites (tertiary alicyclic amines) is 1. The zero-order valence-electron chi connectivity index (χ0n) is 11.2. The van der Waals surface area contributed by atoms with Gasteiger partial charge < -0.3 is 15.3 Å². The lowest BCUT2D eigenvalue weighted by molar-refractivity contribution is -0.143. The highest BCUT2D eigenvalue weighted by Crippen LogP contribution is 2.20. The average Bonchev–Trinajstić information content (AvgIpc) is 2.42. The van der Waals surface area contributed by atoms with Crippen molar-refractivity contribution in [3.63, 3.8) is 0 Å². The van der Waals surface area contributed by atoms with Crippen molar-refractivity contribution >= 4 is 17.7 Å². The first-order valence-electron chi connectivity index (χ1n) is 6.52. The standard InChI is InChI=1S/C14H17FN2O3/c1-9-7-11(15)4-5-12(9)16-14(20)17-6-2-3-10(8-17)13(18)19/h4-5,7,10H,2-3,6,8H2,1H3,(H,16,20)(H,18,19). The number of carboxylic acids is 1. The van der Waals surface area contributed by atoms with E-state index in [-0.39, 0.29) is 18.4 Å². The molecule has 2 N–H and O–H groups in total. The van der Waals surface area contributed by atoms with Gasteiger partial charge in [-0.2, -0.15) is 0 Å². The molecule has 1 atom stereocenters. The lowest BCUT2D eigenvalue weighted by Crippen LogP contribution is -2.44. The molecule has 6 heteroatoms. The number of aliphatic carboxylic acids is 1. The molecule has 0 bridgehead atoms. The highest BCUT2D eigenvalue weighted by Gasteiger charge is 2.28. The first-order chi connectivity index (χ1) is 9.47. The van der Waals surface area contributed by atoms with Crippen LogP contribution in [0.4, 0.5) is 14.9 Å². The van der Waals surface area contributed by atoms with Crippen LogP contribution in [0.15, 0.2) is 18.2 Å². The summed E-state index contributed by atoms with van der Waals surface area (Å²) in [4.78, 5) is 24.6. The summed E-state index contributed by atoms with van der Waals surface area (Å²) in [7, 11) is 0. The zero-order chi connectivity index (χ0) is 14.7. The van der Waals surface area contributed by atoms with E-state index >= 15 is 0 Å². The van der Waals surface area contributed by atoms with Crippen LogP contribution in [0.1, 0.15) is 18.4 Å². The Morgan fingerprint density at radius 1 is 1.45 bits per heavy atom. The number of carboxylic acid groups (broad SMARTS) is 1. The van der Waals surface area contributed by atoms with E-state index in [1.54, 1.807) is 6.92 Å². The third-order valence-corrected chi connectivity index (χ3v) is 3.49. The van der Waals surface area contributed by atoms with E-state index in [9.17, 15) is 14.0 Å². The van der Waals surface area contributed by atoms with Gasteiger partial charge in [0.25, 0.3) is 0 Å². The zero-order valence-corrected chi connectivity index (χ0v) is 11.2. The molecule has 1 saturated heterocycles. The number of hydrogen-bond acceptors (Lipinski definition) is 2. The molecule has 1 aromatic carbocycles. The van der Waals surface area contributed by atoms with E-state index in [2.05, 4.69) is 5.32 Å². The molecule has 2 amide bonds. The van der Waals surface area contributed by atoms with Gasteiger partial charge in [-0.15, -0.1) is 0 Å². The van der Waals surface area contributed by atoms with Crippen LogP contribution in [0, 0.1) is 18.7 Å². The molecule has 0 radical (unpaired) electrons. The molecule has 0 saturated carbocycles. The first kappa shape index (κ1) is 14.3. The smallest absolute Gasteiger partial charge is 0.321 e. The number of aryl methyl sites for hydroxylation is 1. The van der Waals surface area contributed by atoms with Crippen molar-refractivity contribution in [2.45, 2.75) is 19.8 Å². The van der Waals surface area contributed by atoms with Crippen LogP contribution in [-0.2, 0) is 4.79 Å². The topological polar surface area (TPSA) is 69.6 Å². The van der Waals surface area contributed by atoms with Crippen molar-refractivity contribution in [2.75, 3.05) is 18.4 Å². The number of halogens is 1. The molecule has 1 aliphatic rings. The lowest BCUT2D eigenvalue weighted by atomic mass is 9.99. The number of nitrogens with zero attached hydrogens (tertiary/aromatic N) is 1. The minimum Gasteiger partial charge on any atom is -0.481 e. The Morgan fingerprint density at radius 3 is 2.85 bits per heavy atom. The summed E-state index contributed by atoms with van der Waals surface area (Å²) in [5, 5.41) is 11.7. The van der Waals surface area contributed by atoms with Gasteiger partial charge in [-0.05, 0) is 43.5 Å². The van der Waals surface area contributed by atoms with Crippen LogP contribution in [0.2, 0.25) is 0 Å². The van der Waals surface area contributed by atoms with Gasteiger partial charge in [0.15, 0.2) is 0 Å². The fourth-order valence-electron chi connectivity index (χ4n) is 2.32. The summed E-state index contributed by atoms with van der Waals surface area (Å²) in [5.74, 6) is -1.74. The van der Waals surface area contributed by atoms with Gasteiger partial charge in [-0.3, -0.25) is 4.79 Å². The molecule has 5 nitrogen and oxygen atoms in total. The number of carbonyl (C=O) groups excluding carboxylic acids is 1. The van der Waals surface area contributed by atoms with E-state index in [0.29, 0.717) is 30.6 Å². The van der Waals surface area contributed by atoms with Crippen LogP contribution in [0.5, 0.6) is 0 Å². The number of benzene rings is 1. The van der Waals surface area contributed by atoms with Crippen LogP contribution in [-0.4, -0.2) is 35.1 Å². The Labute approximate surface area is 116 Å². The molecule has 20 heavy (non-hydrogen) atoms. The normalized spacial score (nSPS) is 18.7. The van der Waals surface area contributed by atoms with Gasteiger partial charge in [-0.25, -0.2) is 9.18 Å². The second-order valence-corrected chi connectivity index (χ2v) is 5.01. The first-order valence-corrected chi connectivity index (χ1v) is 6.52. The molecule has 0 aromatic heterocycles. The van der Waals surface area contributed by atoms with Gasteiger partial charge in [0, 0.05) is 18.8 Å². The summed E-state index contributed by atoms with van der Waals surface area (Å²) in [6, 6.07) is 3.78. The number of anilines is 1. The number of hydrogen-bond donors (Lipinski definition) is 2. The number of urea groups is 1. The molecular formula is C14H17FN2O3. The number of piperidine rings is 1. The number of carbonyl (C=O) groups is 2. The van der Waals surface area contributed by atoms with Crippen molar-refractivity contribution in [1.29, 1.82) is 0 Å². The molecule has 1 heterocycles. The van der Waals surface area contributed by atoms with Crippen LogP contribution < -0.4 is 5.32 Å². The van der Waals surface area contributed by atoms with Gasteiger partial charge in [-0.1, -0.05) is 0 Å². The van der Waals surface area contributed by atoms with Gasteiger partial charge in [0.1, 0.15) is 5.82 Å². The largest absolute Gasteiger partial charge is 0.481 e. The fourth-order valence-corrected chi connectivity index (χ4v) is 2.32. The lowest BCUT2D eigenvalue weighted by Gasteiger charge is -2.30. The third kappa shape index (κ3) is 3.26. The maximum atomic E-state index is 13.0. The number of amides is 2. The van der Waals surface area contributed by atoms with Crippen molar-refractivity contribution in [2.24, 2.45) is 5.92 Å². The van der Waals surface area contributed by atoms with Gasteiger partial charge in [0.2, 0.25) is 0 Å². The SMILES string of the molecule is Cc1cc(F)ccc1NC(=O)N1CCCC(C(=O)O)C1. The highest BCUT2D eigenvalue weighted by atomic mass is 19.1. The van der Waals surface area contributed by atoms with Crippen molar-refractivity contribution in [3.8, 4) is 0 Å². The summed E-state index contributed by atoms with van der Waals surface area (Å²) >= 11 is 0. The monoisotopic (exact) mass is 280 g/mol. The van der Waals surface area contributed by atoms with E-state index < -0.39 is 11.9 Å². The molecule has 1 fully saturated rings. The summed E-state index contributed by atoms with van der Waals surface area (Å²) < 4.78 is 13.0. The number of rotatable bonds is 2. The quantitative estimate of drug-likeness (QED) is 0.874. The Bertz CT molecular complexity index is 533. The van der Waals surface area contributed by atoms with E-state index in [1.165, 1.54) is 23.1 Å². The predicted molar refractivity (Wildman–Crippen MR) is 72.1 cm³/mol. The second-order valence-electron chi connectivity index (χ2n) is 5.01. The van der Waals surface area contributed by atoms with Gasteiger partial charge >= 0.3 is 12.0 Å². The highest BCUT2D eigenvalue weighted by molar-refractivity contribution is 5.90. The minimum atomic E-state index is -0.875. The van der Waals surface area contributed by atoms with Crippen LogP contribution in [0.3, 0.4) is 0 Å². The summed E-state index contributed by atoms with van der Waals surface area (Å²) in [6.07, 6.45) is 1.27. The maximum Gasteiger partial charge on any atom is 0.321 e. The molecule has 1 aromatic rings. The average molecular weight is 280 g/mol. The Kier molecular flexibility index (Phi) is 4.22. The summed E-state index contributed by atoms with van der Waals surface area (Å²) in [6.45, 7) is 2.45. The second kappa shape index (κ2) is 5.90. The van der Waals surface area contributed by atoms with Crippen molar-refractivity contribution in [3.05, 3.63) is 29.6 Å². The molecule has 108 valence electrons. The van der Waals surface area contributed by atoms with Crippen LogP contribution >= 0.6 is 0 Å². The minimum absolute atomic E-state index is 0.210. The third-order valence-electron chi connectivity index (χ3n) is 3.49. The maximum absolute atomic E-state index is 13.0. The molecule has 1 unspecified atom stereocenters. The van der Waals surface area contributed by atoms with E-state index in [1.807, 2.05) is 0 Å². The van der Waals surface area contributed by atoms with Crippen molar-refractivity contribution in [1.82, 2.24) is 4.90 Å². The Balaban J connectivity index is 2.02. The molecule has 1 aliphatic heterocycles. The summed E-state index contributed by atoms with van der Waals surface area (Å²) in [5.41, 5.74) is 1.17. The molecule has 2 rings (SSSR count). The molecule has 0 aliphatic carbocycles. The predicted octanol–water partition coefficient (Wildman–Crippen LogP) is 2.46. The van der Waals surface area contributed by atoms with Crippen LogP contribution in [0.25, 0.3) is 0 Å². The van der Waals surface area contributed by atoms with Crippen molar-refractivity contribution < 1.29 is 19.1 Å². The molecular weight excluding hydrogens is 263 g/mol. The Morgan fingerprint density at radius 2 is 2.20 bits per heavy atom. The Hall–Kier alpha value is -2.11. The van der Waals surface area contributed by atoms with E-state index in [4.69, 9.17) is 5.11 Å².